The van der Waals surface area contributed by atoms with Crippen molar-refractivity contribution in [3.8, 4) is 5.75 Å². The van der Waals surface area contributed by atoms with Crippen LogP contribution in [0.15, 0.2) is 30.3 Å². The minimum Gasteiger partial charge on any atom is -0.494 e. The number of nitrogens with zero attached hydrogens (tertiary/aromatic N) is 2. The molecule has 0 amide bonds. The molecular formula is C24H32N2O4S. The number of aromatic nitrogens is 1. The van der Waals surface area contributed by atoms with Crippen molar-refractivity contribution in [3.05, 3.63) is 52.8 Å². The molecule has 0 aliphatic carbocycles. The number of carbonyl (C=O) groups is 1. The number of benzene rings is 1. The lowest BCUT2D eigenvalue weighted by atomic mass is 10.0. The number of hydrogen-bond donors (Lipinski definition) is 0. The van der Waals surface area contributed by atoms with Gasteiger partial charge in [-0.3, -0.25) is 9.69 Å². The van der Waals surface area contributed by atoms with Crippen molar-refractivity contribution >= 4 is 15.6 Å². The van der Waals surface area contributed by atoms with E-state index in [1.54, 1.807) is 0 Å². The summed E-state index contributed by atoms with van der Waals surface area (Å²) in [5.41, 5.74) is 3.79. The van der Waals surface area contributed by atoms with Gasteiger partial charge in [-0.1, -0.05) is 12.1 Å². The van der Waals surface area contributed by atoms with Crippen molar-refractivity contribution in [1.29, 1.82) is 0 Å². The molecule has 0 bridgehead atoms. The van der Waals surface area contributed by atoms with Gasteiger partial charge < -0.3 is 9.30 Å². The molecule has 7 heteroatoms. The maximum Gasteiger partial charge on any atom is 0.178 e. The summed E-state index contributed by atoms with van der Waals surface area (Å²) in [6.07, 6.45) is 2.74. The van der Waals surface area contributed by atoms with Crippen LogP contribution >= 0.6 is 0 Å². The van der Waals surface area contributed by atoms with Gasteiger partial charge in [-0.2, -0.15) is 0 Å². The Morgan fingerprint density at radius 3 is 2.55 bits per heavy atom. The normalized spacial score (nSPS) is 23.3. The fourth-order valence-corrected chi connectivity index (χ4v) is 6.92. The number of aryl methyl sites for hydroxylation is 1. The first-order valence-corrected chi connectivity index (χ1v) is 13.0. The van der Waals surface area contributed by atoms with E-state index in [1.807, 2.05) is 39.0 Å². The van der Waals surface area contributed by atoms with E-state index in [-0.39, 0.29) is 29.4 Å². The molecule has 168 valence electrons. The first kappa shape index (κ1) is 22.1. The molecule has 0 radical (unpaired) electrons. The zero-order chi connectivity index (χ0) is 22.2. The van der Waals surface area contributed by atoms with Crippen LogP contribution in [0, 0.1) is 13.8 Å². The van der Waals surface area contributed by atoms with E-state index in [2.05, 4.69) is 21.6 Å². The van der Waals surface area contributed by atoms with Crippen molar-refractivity contribution in [1.82, 2.24) is 9.47 Å². The summed E-state index contributed by atoms with van der Waals surface area (Å²) in [5, 5.41) is 0. The average Bonchev–Trinajstić information content (AvgIpc) is 3.40. The minimum atomic E-state index is -2.97. The largest absolute Gasteiger partial charge is 0.494 e. The van der Waals surface area contributed by atoms with Crippen LogP contribution in [0.4, 0.5) is 0 Å². The zero-order valence-corrected chi connectivity index (χ0v) is 19.5. The van der Waals surface area contributed by atoms with Crippen LogP contribution in [0.25, 0.3) is 0 Å². The highest BCUT2D eigenvalue weighted by molar-refractivity contribution is 7.91. The fourth-order valence-electron chi connectivity index (χ4n) is 5.22. The molecule has 1 aromatic carbocycles. The Kier molecular flexibility index (Phi) is 6.26. The molecular weight excluding hydrogens is 412 g/mol. The number of likely N-dealkylation sites (tertiary alicyclic amines) is 1. The number of sulfone groups is 1. The van der Waals surface area contributed by atoms with E-state index < -0.39 is 9.84 Å². The molecule has 2 aliphatic heterocycles. The summed E-state index contributed by atoms with van der Waals surface area (Å²) in [5.74, 6) is 1.38. The van der Waals surface area contributed by atoms with Gasteiger partial charge in [-0.25, -0.2) is 8.42 Å². The maximum absolute atomic E-state index is 13.3. The monoisotopic (exact) mass is 444 g/mol. The van der Waals surface area contributed by atoms with E-state index in [1.165, 1.54) is 5.56 Å². The molecule has 31 heavy (non-hydrogen) atoms. The van der Waals surface area contributed by atoms with Gasteiger partial charge in [0.05, 0.1) is 24.7 Å². The highest BCUT2D eigenvalue weighted by atomic mass is 32.2. The third-order valence-electron chi connectivity index (χ3n) is 6.64. The van der Waals surface area contributed by atoms with E-state index >= 15 is 0 Å². The molecule has 0 saturated carbocycles. The van der Waals surface area contributed by atoms with E-state index in [4.69, 9.17) is 4.74 Å². The Bertz CT molecular complexity index is 1060. The quantitative estimate of drug-likeness (QED) is 0.606. The van der Waals surface area contributed by atoms with Crippen LogP contribution in [0.5, 0.6) is 5.75 Å². The van der Waals surface area contributed by atoms with Gasteiger partial charge >= 0.3 is 0 Å². The van der Waals surface area contributed by atoms with Crippen molar-refractivity contribution < 1.29 is 17.9 Å². The third-order valence-corrected chi connectivity index (χ3v) is 8.39. The standard InChI is InChI=1S/C24H32N2O4S/c1-4-30-21-9-7-19(8-10-21)23-6-5-12-25(23)15-24(27)22-14-17(2)26(18(22)3)20-11-13-31(28,29)16-20/h7-10,14,20,23H,4-6,11-13,15-16H2,1-3H3. The predicted octanol–water partition coefficient (Wildman–Crippen LogP) is 3.88. The lowest BCUT2D eigenvalue weighted by Gasteiger charge is -2.24. The van der Waals surface area contributed by atoms with Gasteiger partial charge in [0.2, 0.25) is 0 Å². The first-order valence-electron chi connectivity index (χ1n) is 11.2. The minimum absolute atomic E-state index is 0.0602. The van der Waals surface area contributed by atoms with Crippen LogP contribution in [0.2, 0.25) is 0 Å². The van der Waals surface area contributed by atoms with Gasteiger partial charge in [-0.05, 0) is 70.3 Å². The Balaban J connectivity index is 1.49. The van der Waals surface area contributed by atoms with Crippen LogP contribution < -0.4 is 4.74 Å². The Hall–Kier alpha value is -2.12. The second-order valence-corrected chi connectivity index (χ2v) is 11.0. The number of ether oxygens (including phenoxy) is 1. The number of rotatable bonds is 7. The summed E-state index contributed by atoms with van der Waals surface area (Å²) in [6.45, 7) is 7.82. The lowest BCUT2D eigenvalue weighted by Crippen LogP contribution is -2.30. The van der Waals surface area contributed by atoms with E-state index in [0.717, 1.165) is 42.1 Å². The highest BCUT2D eigenvalue weighted by Crippen LogP contribution is 2.34. The first-order chi connectivity index (χ1) is 14.8. The summed E-state index contributed by atoms with van der Waals surface area (Å²) in [7, 11) is -2.97. The predicted molar refractivity (Wildman–Crippen MR) is 122 cm³/mol. The molecule has 2 atom stereocenters. The molecule has 2 unspecified atom stereocenters. The lowest BCUT2D eigenvalue weighted by molar-refractivity contribution is 0.0921. The molecule has 0 N–H and O–H groups in total. The molecule has 3 heterocycles. The Morgan fingerprint density at radius 2 is 1.90 bits per heavy atom. The molecule has 0 spiro atoms. The summed E-state index contributed by atoms with van der Waals surface area (Å²) in [4.78, 5) is 15.5. The number of ketones is 1. The molecule has 2 aromatic rings. The van der Waals surface area contributed by atoms with Gasteiger partial charge in [0.15, 0.2) is 15.6 Å². The Morgan fingerprint density at radius 1 is 1.16 bits per heavy atom. The van der Waals surface area contributed by atoms with Gasteiger partial charge in [0, 0.05) is 29.0 Å². The van der Waals surface area contributed by atoms with Crippen LogP contribution in [-0.2, 0) is 9.84 Å². The fraction of sp³-hybridized carbons (Fsp3) is 0.542. The smallest absolute Gasteiger partial charge is 0.178 e. The van der Waals surface area contributed by atoms with Crippen LogP contribution in [0.3, 0.4) is 0 Å². The second-order valence-electron chi connectivity index (χ2n) is 8.77. The highest BCUT2D eigenvalue weighted by Gasteiger charge is 2.33. The molecule has 2 aliphatic rings. The molecule has 6 nitrogen and oxygen atoms in total. The van der Waals surface area contributed by atoms with E-state index in [0.29, 0.717) is 19.6 Å². The zero-order valence-electron chi connectivity index (χ0n) is 18.6. The van der Waals surface area contributed by atoms with Gasteiger partial charge in [0.1, 0.15) is 5.75 Å². The van der Waals surface area contributed by atoms with Crippen molar-refractivity contribution in [3.63, 3.8) is 0 Å². The molecule has 1 aromatic heterocycles. The molecule has 2 saturated heterocycles. The molecule has 2 fully saturated rings. The topological polar surface area (TPSA) is 68.6 Å². The summed E-state index contributed by atoms with van der Waals surface area (Å²) >= 11 is 0. The Labute approximate surface area is 185 Å². The number of Topliss-reactive ketones (excluding diaryl/α,β-unsaturated/α-hetero) is 1. The number of hydrogen-bond acceptors (Lipinski definition) is 5. The van der Waals surface area contributed by atoms with Gasteiger partial charge in [-0.15, -0.1) is 0 Å². The van der Waals surface area contributed by atoms with E-state index in [9.17, 15) is 13.2 Å². The average molecular weight is 445 g/mol. The van der Waals surface area contributed by atoms with Crippen LogP contribution in [0.1, 0.15) is 65.6 Å². The summed E-state index contributed by atoms with van der Waals surface area (Å²) in [6, 6.07) is 10.3. The van der Waals surface area contributed by atoms with Crippen molar-refractivity contribution in [2.75, 3.05) is 31.2 Å². The van der Waals surface area contributed by atoms with Crippen LogP contribution in [-0.4, -0.2) is 54.9 Å². The third kappa shape index (κ3) is 4.58. The number of carbonyl (C=O) groups excluding carboxylic acids is 1. The van der Waals surface area contributed by atoms with Crippen molar-refractivity contribution in [2.24, 2.45) is 0 Å². The SMILES string of the molecule is CCOc1ccc(C2CCCN2CC(=O)c2cc(C)n(C3CCS(=O)(=O)C3)c2C)cc1. The van der Waals surface area contributed by atoms with Crippen molar-refractivity contribution in [2.45, 2.75) is 52.1 Å². The maximum atomic E-state index is 13.3. The second kappa shape index (κ2) is 8.79. The molecule has 4 rings (SSSR count). The summed E-state index contributed by atoms with van der Waals surface area (Å²) < 4.78 is 31.5. The van der Waals surface area contributed by atoms with Gasteiger partial charge in [0.25, 0.3) is 0 Å².